The van der Waals surface area contributed by atoms with Crippen molar-refractivity contribution in [1.29, 1.82) is 0 Å². The van der Waals surface area contributed by atoms with Crippen molar-refractivity contribution in [3.05, 3.63) is 42.5 Å². The Balaban J connectivity index is 2.27. The largest absolute Gasteiger partial charge is 0.381 e. The third-order valence-electron chi connectivity index (χ3n) is 3.01. The number of hydrogen-bond donors (Lipinski definition) is 3. The van der Waals surface area contributed by atoms with Crippen molar-refractivity contribution in [2.24, 2.45) is 5.92 Å². The maximum atomic E-state index is 11.8. The van der Waals surface area contributed by atoms with Crippen molar-refractivity contribution < 1.29 is 14.3 Å². The van der Waals surface area contributed by atoms with Crippen molar-refractivity contribution >= 4 is 17.6 Å². The molecule has 0 unspecified atom stereocenters. The van der Waals surface area contributed by atoms with Crippen LogP contribution in [0, 0.1) is 5.92 Å². The van der Waals surface area contributed by atoms with Crippen molar-refractivity contribution in [3.8, 4) is 0 Å². The molecular weight excluding hydrogens is 306 g/mol. The highest BCUT2D eigenvalue weighted by Gasteiger charge is 2.05. The topological polar surface area (TPSA) is 79.5 Å². The summed E-state index contributed by atoms with van der Waals surface area (Å²) in [5.41, 5.74) is 1.16. The van der Waals surface area contributed by atoms with Crippen LogP contribution in [0.15, 0.2) is 36.9 Å². The highest BCUT2D eigenvalue weighted by atomic mass is 16.5. The van der Waals surface area contributed by atoms with Gasteiger partial charge in [0.05, 0.1) is 0 Å². The van der Waals surface area contributed by atoms with Crippen LogP contribution in [0.3, 0.4) is 0 Å². The molecule has 3 N–H and O–H groups in total. The molecule has 6 nitrogen and oxygen atoms in total. The second-order valence-corrected chi connectivity index (χ2v) is 5.78. The summed E-state index contributed by atoms with van der Waals surface area (Å²) in [5.74, 6) is 0.343. The highest BCUT2D eigenvalue weighted by Crippen LogP contribution is 2.09. The molecule has 0 fully saturated rings. The van der Waals surface area contributed by atoms with E-state index in [0.717, 1.165) is 13.0 Å². The Bertz CT molecular complexity index is 527. The zero-order chi connectivity index (χ0) is 17.8. The molecule has 0 aliphatic carbocycles. The van der Waals surface area contributed by atoms with Gasteiger partial charge >= 0.3 is 6.03 Å². The zero-order valence-corrected chi connectivity index (χ0v) is 14.4. The molecular formula is C18H27N3O3. The van der Waals surface area contributed by atoms with Gasteiger partial charge in [-0.2, -0.15) is 0 Å². The van der Waals surface area contributed by atoms with E-state index in [0.29, 0.717) is 36.9 Å². The van der Waals surface area contributed by atoms with E-state index in [1.54, 1.807) is 30.3 Å². The first-order valence-corrected chi connectivity index (χ1v) is 8.14. The summed E-state index contributed by atoms with van der Waals surface area (Å²) in [7, 11) is 0. The molecule has 1 aromatic carbocycles. The van der Waals surface area contributed by atoms with Crippen molar-refractivity contribution in [2.45, 2.75) is 20.3 Å². The zero-order valence-electron chi connectivity index (χ0n) is 14.4. The molecule has 24 heavy (non-hydrogen) atoms. The summed E-state index contributed by atoms with van der Waals surface area (Å²) in [4.78, 5) is 23.5. The number of urea groups is 1. The number of ether oxygens (including phenoxy) is 1. The van der Waals surface area contributed by atoms with Crippen LogP contribution in [0.1, 0.15) is 30.6 Å². The molecule has 0 aromatic heterocycles. The van der Waals surface area contributed by atoms with Gasteiger partial charge in [-0.1, -0.05) is 19.9 Å². The van der Waals surface area contributed by atoms with Gasteiger partial charge in [-0.15, -0.1) is 6.58 Å². The fourth-order valence-corrected chi connectivity index (χ4v) is 1.84. The number of amides is 3. The lowest BCUT2D eigenvalue weighted by Gasteiger charge is -2.09. The first kappa shape index (κ1) is 19.7. The molecule has 0 aliphatic heterocycles. The minimum absolute atomic E-state index is 0.174. The van der Waals surface area contributed by atoms with Crippen LogP contribution >= 0.6 is 0 Å². The lowest BCUT2D eigenvalue weighted by molar-refractivity contribution is 0.0958. The minimum Gasteiger partial charge on any atom is -0.381 e. The lowest BCUT2D eigenvalue weighted by atomic mass is 10.2. The normalized spacial score (nSPS) is 10.3. The molecule has 6 heteroatoms. The van der Waals surface area contributed by atoms with Crippen molar-refractivity contribution in [2.75, 3.05) is 31.6 Å². The van der Waals surface area contributed by atoms with E-state index in [1.807, 2.05) is 0 Å². The van der Waals surface area contributed by atoms with Crippen LogP contribution in [0.5, 0.6) is 0 Å². The van der Waals surface area contributed by atoms with Crippen LogP contribution < -0.4 is 16.0 Å². The monoisotopic (exact) mass is 333 g/mol. The van der Waals surface area contributed by atoms with Gasteiger partial charge in [0, 0.05) is 37.6 Å². The smallest absolute Gasteiger partial charge is 0.319 e. The summed E-state index contributed by atoms with van der Waals surface area (Å²) in [6, 6.07) is 6.42. The first-order chi connectivity index (χ1) is 11.5. The number of nitrogens with one attached hydrogen (secondary N) is 3. The van der Waals surface area contributed by atoms with E-state index in [1.165, 1.54) is 0 Å². The van der Waals surface area contributed by atoms with Gasteiger partial charge in [0.25, 0.3) is 5.91 Å². The van der Waals surface area contributed by atoms with Crippen LogP contribution in [0.25, 0.3) is 0 Å². The summed E-state index contributed by atoms with van der Waals surface area (Å²) < 4.78 is 5.44. The fourth-order valence-electron chi connectivity index (χ4n) is 1.84. The summed E-state index contributed by atoms with van der Waals surface area (Å²) >= 11 is 0. The maximum Gasteiger partial charge on any atom is 0.319 e. The highest BCUT2D eigenvalue weighted by molar-refractivity contribution is 5.95. The molecule has 0 saturated heterocycles. The van der Waals surface area contributed by atoms with E-state index < -0.39 is 0 Å². The van der Waals surface area contributed by atoms with Crippen LogP contribution in [-0.4, -0.2) is 38.2 Å². The Hall–Kier alpha value is -2.34. The summed E-state index contributed by atoms with van der Waals surface area (Å²) in [5, 5.41) is 8.18. The molecule has 0 heterocycles. The third-order valence-corrected chi connectivity index (χ3v) is 3.01. The van der Waals surface area contributed by atoms with Gasteiger partial charge in [0.2, 0.25) is 0 Å². The van der Waals surface area contributed by atoms with Crippen molar-refractivity contribution in [1.82, 2.24) is 10.6 Å². The third kappa shape index (κ3) is 8.33. The predicted octanol–water partition coefficient (Wildman–Crippen LogP) is 2.79. The number of carbonyl (C=O) groups is 2. The number of benzene rings is 1. The SMILES string of the molecule is C=CCNC(=O)c1ccc(NC(=O)NCCCOCC(C)C)cc1. The summed E-state index contributed by atoms with van der Waals surface area (Å²) in [6.45, 7) is 10.1. The van der Waals surface area contributed by atoms with Crippen LogP contribution in [-0.2, 0) is 4.74 Å². The van der Waals surface area contributed by atoms with Gasteiger partial charge in [-0.05, 0) is 36.6 Å². The van der Waals surface area contributed by atoms with Gasteiger partial charge in [0.1, 0.15) is 0 Å². The number of carbonyl (C=O) groups excluding carboxylic acids is 2. The average molecular weight is 333 g/mol. The van der Waals surface area contributed by atoms with Gasteiger partial charge in [-0.3, -0.25) is 4.79 Å². The van der Waals surface area contributed by atoms with E-state index in [9.17, 15) is 9.59 Å². The minimum atomic E-state index is -0.275. The first-order valence-electron chi connectivity index (χ1n) is 8.14. The fraction of sp³-hybridized carbons (Fsp3) is 0.444. The molecule has 0 aliphatic rings. The molecule has 0 saturated carbocycles. The molecule has 132 valence electrons. The molecule has 0 radical (unpaired) electrons. The second-order valence-electron chi connectivity index (χ2n) is 5.78. The Morgan fingerprint density at radius 1 is 1.21 bits per heavy atom. The van der Waals surface area contributed by atoms with E-state index >= 15 is 0 Å². The Morgan fingerprint density at radius 2 is 1.92 bits per heavy atom. The Kier molecular flexibility index (Phi) is 9.23. The number of anilines is 1. The maximum absolute atomic E-state index is 11.8. The van der Waals surface area contributed by atoms with Crippen LogP contribution in [0.4, 0.5) is 10.5 Å². The molecule has 0 atom stereocenters. The van der Waals surface area contributed by atoms with Crippen molar-refractivity contribution in [3.63, 3.8) is 0 Å². The molecule has 3 amide bonds. The Morgan fingerprint density at radius 3 is 2.54 bits per heavy atom. The van der Waals surface area contributed by atoms with E-state index in [2.05, 4.69) is 36.4 Å². The second kappa shape index (κ2) is 11.2. The lowest BCUT2D eigenvalue weighted by Crippen LogP contribution is -2.30. The standard InChI is InChI=1S/C18H27N3O3/c1-4-10-19-17(22)15-6-8-16(9-7-15)21-18(23)20-11-5-12-24-13-14(2)3/h4,6-9,14H,1,5,10-13H2,2-3H3,(H,19,22)(H2,20,21,23). The van der Waals surface area contributed by atoms with E-state index in [4.69, 9.17) is 4.74 Å². The quantitative estimate of drug-likeness (QED) is 0.455. The molecule has 1 rings (SSSR count). The molecule has 0 spiro atoms. The average Bonchev–Trinajstić information content (AvgIpc) is 2.56. The van der Waals surface area contributed by atoms with Gasteiger partial charge in [0.15, 0.2) is 0 Å². The van der Waals surface area contributed by atoms with Gasteiger partial charge in [-0.25, -0.2) is 4.79 Å². The predicted molar refractivity (Wildman–Crippen MR) is 96.3 cm³/mol. The van der Waals surface area contributed by atoms with E-state index in [-0.39, 0.29) is 11.9 Å². The molecule has 0 bridgehead atoms. The van der Waals surface area contributed by atoms with Crippen LogP contribution in [0.2, 0.25) is 0 Å². The Labute approximate surface area is 143 Å². The summed E-state index contributed by atoms with van der Waals surface area (Å²) in [6.07, 6.45) is 2.38. The van der Waals surface area contributed by atoms with Gasteiger partial charge < -0.3 is 20.7 Å². The number of hydrogen-bond acceptors (Lipinski definition) is 3. The number of rotatable bonds is 10. The molecule has 1 aromatic rings.